The van der Waals surface area contributed by atoms with Gasteiger partial charge in [-0.25, -0.2) is 0 Å². The number of rotatable bonds is 6. The van der Waals surface area contributed by atoms with Gasteiger partial charge in [0.2, 0.25) is 0 Å². The summed E-state index contributed by atoms with van der Waals surface area (Å²) in [6, 6.07) is 10.6. The molecule has 1 aromatic heterocycles. The summed E-state index contributed by atoms with van der Waals surface area (Å²) in [4.78, 5) is 4.50. The number of unbranched alkanes of at least 4 members (excludes halogenated alkanes) is 1. The summed E-state index contributed by atoms with van der Waals surface area (Å²) in [6.45, 7) is 4.74. The van der Waals surface area contributed by atoms with Crippen molar-refractivity contribution in [1.29, 1.82) is 0 Å². The Labute approximate surface area is 108 Å². The van der Waals surface area contributed by atoms with Crippen LogP contribution in [0.4, 0.5) is 0 Å². The molecule has 18 heavy (non-hydrogen) atoms. The van der Waals surface area contributed by atoms with Crippen LogP contribution < -0.4 is 11.1 Å². The van der Waals surface area contributed by atoms with Gasteiger partial charge < -0.3 is 11.1 Å². The third-order valence-electron chi connectivity index (χ3n) is 3.03. The van der Waals surface area contributed by atoms with Crippen LogP contribution in [0.5, 0.6) is 0 Å². The molecule has 3 nitrogen and oxygen atoms in total. The summed E-state index contributed by atoms with van der Waals surface area (Å²) in [5.41, 5.74) is 8.90. The molecule has 0 saturated heterocycles. The number of nitrogens with zero attached hydrogens (tertiary/aromatic N) is 1. The Morgan fingerprint density at radius 3 is 2.89 bits per heavy atom. The van der Waals surface area contributed by atoms with Gasteiger partial charge in [-0.1, -0.05) is 12.1 Å². The van der Waals surface area contributed by atoms with E-state index in [1.54, 1.807) is 0 Å². The zero-order chi connectivity index (χ0) is 12.8. The van der Waals surface area contributed by atoms with E-state index in [1.165, 1.54) is 10.9 Å². The van der Waals surface area contributed by atoms with Crippen LogP contribution in [0.25, 0.3) is 10.9 Å². The van der Waals surface area contributed by atoms with Crippen LogP contribution in [-0.4, -0.2) is 18.1 Å². The molecule has 0 fully saturated rings. The lowest BCUT2D eigenvalue weighted by molar-refractivity contribution is 0.628. The van der Waals surface area contributed by atoms with Crippen molar-refractivity contribution in [3.63, 3.8) is 0 Å². The lowest BCUT2D eigenvalue weighted by Gasteiger charge is -2.06. The second-order valence-corrected chi connectivity index (χ2v) is 4.65. The molecule has 2 aromatic rings. The fraction of sp³-hybridized carbons (Fsp3) is 0.400. The molecule has 1 aromatic carbocycles. The van der Waals surface area contributed by atoms with E-state index in [4.69, 9.17) is 5.73 Å². The molecule has 0 aliphatic rings. The van der Waals surface area contributed by atoms with Crippen LogP contribution in [-0.2, 0) is 6.54 Å². The number of aromatic nitrogens is 1. The highest BCUT2D eigenvalue weighted by Crippen LogP contribution is 2.14. The Morgan fingerprint density at radius 1 is 1.17 bits per heavy atom. The molecule has 2 rings (SSSR count). The SMILES string of the molecule is Cc1ccc2cc(CNCCCCN)ccc2n1. The van der Waals surface area contributed by atoms with Gasteiger partial charge in [0.1, 0.15) is 0 Å². The zero-order valence-electron chi connectivity index (χ0n) is 10.9. The lowest BCUT2D eigenvalue weighted by Crippen LogP contribution is -2.15. The van der Waals surface area contributed by atoms with E-state index in [0.29, 0.717) is 0 Å². The van der Waals surface area contributed by atoms with Crippen LogP contribution >= 0.6 is 0 Å². The van der Waals surface area contributed by atoms with Gasteiger partial charge in [-0.05, 0) is 56.6 Å². The lowest BCUT2D eigenvalue weighted by atomic mass is 10.1. The van der Waals surface area contributed by atoms with Gasteiger partial charge in [-0.3, -0.25) is 4.98 Å². The summed E-state index contributed by atoms with van der Waals surface area (Å²) in [5.74, 6) is 0. The molecule has 0 spiro atoms. The zero-order valence-corrected chi connectivity index (χ0v) is 10.9. The first-order valence-corrected chi connectivity index (χ1v) is 6.56. The molecule has 0 amide bonds. The fourth-order valence-corrected chi connectivity index (χ4v) is 2.01. The highest BCUT2D eigenvalue weighted by Gasteiger charge is 1.98. The van der Waals surface area contributed by atoms with Gasteiger partial charge in [-0.2, -0.15) is 0 Å². The molecule has 0 aliphatic heterocycles. The van der Waals surface area contributed by atoms with Crippen LogP contribution in [0.2, 0.25) is 0 Å². The quantitative estimate of drug-likeness (QED) is 0.766. The number of pyridine rings is 1. The maximum absolute atomic E-state index is 5.46. The third-order valence-corrected chi connectivity index (χ3v) is 3.03. The van der Waals surface area contributed by atoms with Crippen molar-refractivity contribution in [1.82, 2.24) is 10.3 Å². The highest BCUT2D eigenvalue weighted by molar-refractivity contribution is 5.79. The predicted octanol–water partition coefficient (Wildman–Crippen LogP) is 2.37. The van der Waals surface area contributed by atoms with Gasteiger partial charge in [0.05, 0.1) is 5.52 Å². The standard InChI is InChI=1S/C15H21N3/c1-12-4-6-14-10-13(5-7-15(14)18-12)11-17-9-3-2-8-16/h4-7,10,17H,2-3,8-9,11,16H2,1H3. The van der Waals surface area contributed by atoms with Gasteiger partial charge >= 0.3 is 0 Å². The van der Waals surface area contributed by atoms with E-state index in [-0.39, 0.29) is 0 Å². The maximum atomic E-state index is 5.46. The van der Waals surface area contributed by atoms with Crippen LogP contribution in [0.3, 0.4) is 0 Å². The van der Waals surface area contributed by atoms with Gasteiger partial charge in [0.25, 0.3) is 0 Å². The Hall–Kier alpha value is -1.45. The number of hydrogen-bond donors (Lipinski definition) is 2. The number of nitrogens with one attached hydrogen (secondary N) is 1. The monoisotopic (exact) mass is 243 g/mol. The first-order chi connectivity index (χ1) is 8.79. The largest absolute Gasteiger partial charge is 0.330 e. The molecule has 3 N–H and O–H groups in total. The van der Waals surface area contributed by atoms with E-state index < -0.39 is 0 Å². The van der Waals surface area contributed by atoms with Crippen molar-refractivity contribution >= 4 is 10.9 Å². The molecule has 0 unspecified atom stereocenters. The highest BCUT2D eigenvalue weighted by atomic mass is 14.8. The molecule has 96 valence electrons. The van der Waals surface area contributed by atoms with Gasteiger partial charge in [-0.15, -0.1) is 0 Å². The number of hydrogen-bond acceptors (Lipinski definition) is 3. The molecular formula is C15H21N3. The average molecular weight is 243 g/mol. The Bertz CT molecular complexity index is 508. The summed E-state index contributed by atoms with van der Waals surface area (Å²) >= 11 is 0. The summed E-state index contributed by atoms with van der Waals surface area (Å²) in [5, 5.41) is 4.65. The molecule has 0 atom stereocenters. The number of aryl methyl sites for hydroxylation is 1. The minimum absolute atomic E-state index is 0.780. The fourth-order valence-electron chi connectivity index (χ4n) is 2.01. The number of fused-ring (bicyclic) bond motifs is 1. The minimum Gasteiger partial charge on any atom is -0.330 e. The Kier molecular flexibility index (Phi) is 4.67. The average Bonchev–Trinajstić information content (AvgIpc) is 2.38. The predicted molar refractivity (Wildman–Crippen MR) is 76.5 cm³/mol. The number of benzene rings is 1. The molecule has 0 saturated carbocycles. The first-order valence-electron chi connectivity index (χ1n) is 6.56. The molecule has 3 heteroatoms. The summed E-state index contributed by atoms with van der Waals surface area (Å²) in [6.07, 6.45) is 2.23. The van der Waals surface area contributed by atoms with Crippen molar-refractivity contribution in [3.8, 4) is 0 Å². The molecular weight excluding hydrogens is 222 g/mol. The second-order valence-electron chi connectivity index (χ2n) is 4.65. The van der Waals surface area contributed by atoms with E-state index in [9.17, 15) is 0 Å². The van der Waals surface area contributed by atoms with E-state index in [1.807, 2.05) is 6.92 Å². The van der Waals surface area contributed by atoms with Crippen LogP contribution in [0.1, 0.15) is 24.1 Å². The molecule has 0 bridgehead atoms. The van der Waals surface area contributed by atoms with Crippen molar-refractivity contribution < 1.29 is 0 Å². The van der Waals surface area contributed by atoms with E-state index >= 15 is 0 Å². The van der Waals surface area contributed by atoms with Crippen molar-refractivity contribution in [3.05, 3.63) is 41.6 Å². The third kappa shape index (κ3) is 3.52. The summed E-state index contributed by atoms with van der Waals surface area (Å²) in [7, 11) is 0. The topological polar surface area (TPSA) is 50.9 Å². The molecule has 1 heterocycles. The van der Waals surface area contributed by atoms with Crippen molar-refractivity contribution in [2.75, 3.05) is 13.1 Å². The first kappa shape index (κ1) is 13.0. The molecule has 0 aliphatic carbocycles. The van der Waals surface area contributed by atoms with Crippen LogP contribution in [0, 0.1) is 6.92 Å². The maximum Gasteiger partial charge on any atom is 0.0705 e. The van der Waals surface area contributed by atoms with Crippen molar-refractivity contribution in [2.24, 2.45) is 5.73 Å². The van der Waals surface area contributed by atoms with E-state index in [0.717, 1.165) is 43.7 Å². The normalized spacial score (nSPS) is 11.0. The van der Waals surface area contributed by atoms with Crippen molar-refractivity contribution in [2.45, 2.75) is 26.3 Å². The van der Waals surface area contributed by atoms with Crippen LogP contribution in [0.15, 0.2) is 30.3 Å². The molecule has 0 radical (unpaired) electrons. The van der Waals surface area contributed by atoms with E-state index in [2.05, 4.69) is 40.6 Å². The Balaban J connectivity index is 1.95. The summed E-state index contributed by atoms with van der Waals surface area (Å²) < 4.78 is 0. The second kappa shape index (κ2) is 6.47. The van der Waals surface area contributed by atoms with Gasteiger partial charge in [0, 0.05) is 17.6 Å². The number of nitrogens with two attached hydrogens (primary N) is 1. The van der Waals surface area contributed by atoms with Gasteiger partial charge in [0.15, 0.2) is 0 Å². The smallest absolute Gasteiger partial charge is 0.0705 e. The Morgan fingerprint density at radius 2 is 2.06 bits per heavy atom. The minimum atomic E-state index is 0.780.